The van der Waals surface area contributed by atoms with Crippen molar-refractivity contribution < 1.29 is 23.7 Å². The van der Waals surface area contributed by atoms with Crippen molar-refractivity contribution in [2.45, 2.75) is 93.8 Å². The Balaban J connectivity index is 1.70. The number of aryl methyl sites for hydroxylation is 1. The summed E-state index contributed by atoms with van der Waals surface area (Å²) in [7, 11) is -2.25. The Hall–Kier alpha value is -1.97. The van der Waals surface area contributed by atoms with Crippen LogP contribution in [0.4, 0.5) is 0 Å². The van der Waals surface area contributed by atoms with Gasteiger partial charge in [-0.2, -0.15) is 0 Å². The van der Waals surface area contributed by atoms with Crippen molar-refractivity contribution in [1.29, 1.82) is 0 Å². The van der Waals surface area contributed by atoms with Gasteiger partial charge in [0.25, 0.3) is 0 Å². The molecule has 1 saturated heterocycles. The molecule has 0 aromatic heterocycles. The molecule has 40 heavy (non-hydrogen) atoms. The predicted molar refractivity (Wildman–Crippen MR) is 165 cm³/mol. The molecule has 1 N–H and O–H groups in total. The van der Waals surface area contributed by atoms with E-state index in [1.807, 2.05) is 36.4 Å². The third kappa shape index (κ3) is 8.07. The largest absolute Gasteiger partial charge is 0.408 e. The molecule has 1 fully saturated rings. The zero-order valence-electron chi connectivity index (χ0n) is 24.6. The third-order valence-corrected chi connectivity index (χ3v) is 13.5. The molecule has 0 bridgehead atoms. The lowest BCUT2D eigenvalue weighted by atomic mass is 9.99. The quantitative estimate of drug-likeness (QED) is 0.239. The lowest BCUT2D eigenvalue weighted by Crippen LogP contribution is -2.63. The van der Waals surface area contributed by atoms with E-state index in [0.29, 0.717) is 13.2 Å². The number of ether oxygens (including phenoxy) is 3. The lowest BCUT2D eigenvalue weighted by Gasteiger charge is -2.49. The van der Waals surface area contributed by atoms with Gasteiger partial charge in [0.2, 0.25) is 0 Å². The van der Waals surface area contributed by atoms with E-state index in [1.54, 1.807) is 11.8 Å². The Labute approximate surface area is 245 Å². The van der Waals surface area contributed by atoms with Crippen LogP contribution in [0.2, 0.25) is 18.1 Å². The zero-order valence-corrected chi connectivity index (χ0v) is 26.4. The summed E-state index contributed by atoms with van der Waals surface area (Å²) in [6.07, 6.45) is -1.92. The molecular formula is C33H44O5SSi. The molecule has 7 heteroatoms. The second kappa shape index (κ2) is 13.8. The van der Waals surface area contributed by atoms with Gasteiger partial charge < -0.3 is 23.7 Å². The van der Waals surface area contributed by atoms with E-state index in [9.17, 15) is 5.11 Å². The van der Waals surface area contributed by atoms with E-state index in [1.165, 1.54) is 5.56 Å². The maximum absolute atomic E-state index is 10.6. The lowest BCUT2D eigenvalue weighted by molar-refractivity contribution is -0.233. The highest BCUT2D eigenvalue weighted by atomic mass is 32.2. The minimum atomic E-state index is -2.25. The van der Waals surface area contributed by atoms with Crippen molar-refractivity contribution >= 4 is 20.1 Å². The molecule has 0 radical (unpaired) electrons. The van der Waals surface area contributed by atoms with Gasteiger partial charge in [-0.3, -0.25) is 0 Å². The number of hydrogen-bond donors (Lipinski definition) is 1. The summed E-state index contributed by atoms with van der Waals surface area (Å²) in [5, 5.41) is 10.6. The van der Waals surface area contributed by atoms with Crippen molar-refractivity contribution in [3.05, 3.63) is 102 Å². The smallest absolute Gasteiger partial charge is 0.192 e. The minimum Gasteiger partial charge on any atom is -0.408 e. The highest BCUT2D eigenvalue weighted by molar-refractivity contribution is 7.99. The molecule has 5 atom stereocenters. The molecule has 3 aromatic carbocycles. The van der Waals surface area contributed by atoms with E-state index in [4.69, 9.17) is 18.6 Å². The maximum Gasteiger partial charge on any atom is 0.192 e. The van der Waals surface area contributed by atoms with Gasteiger partial charge in [0.1, 0.15) is 29.9 Å². The molecule has 4 rings (SSSR count). The van der Waals surface area contributed by atoms with Crippen LogP contribution in [0, 0.1) is 6.92 Å². The Bertz CT molecular complexity index is 1170. The standard InChI is InChI=1S/C33H44O5SSi/c1-24-17-19-27(20-18-24)39-32-31(36-23-26-15-11-8-12-16-26)30(35-22-25-13-9-7-10-14-25)29(28(21-34)37-32)38-40(5,6)33(2,3)4/h7-20,28-32,34H,21-23H2,1-6H3/t28-,29+,30+,31-,32+/m1/s1. The molecule has 0 aliphatic carbocycles. The van der Waals surface area contributed by atoms with Crippen LogP contribution in [-0.4, -0.2) is 49.9 Å². The second-order valence-electron chi connectivity index (χ2n) is 12.0. The van der Waals surface area contributed by atoms with Crippen molar-refractivity contribution in [2.75, 3.05) is 6.61 Å². The average Bonchev–Trinajstić information content (AvgIpc) is 2.93. The number of aliphatic hydroxyl groups excluding tert-OH is 1. The number of benzene rings is 3. The Morgan fingerprint density at radius 1 is 0.775 bits per heavy atom. The number of rotatable bonds is 11. The molecule has 0 unspecified atom stereocenters. The van der Waals surface area contributed by atoms with Crippen LogP contribution in [0.5, 0.6) is 0 Å². The van der Waals surface area contributed by atoms with Gasteiger partial charge in [-0.1, -0.05) is 111 Å². The highest BCUT2D eigenvalue weighted by Crippen LogP contribution is 2.42. The normalized spacial score (nSPS) is 23.7. The first-order valence-electron chi connectivity index (χ1n) is 14.1. The first kappa shape index (κ1) is 31.0. The van der Waals surface area contributed by atoms with Crippen LogP contribution >= 0.6 is 11.8 Å². The van der Waals surface area contributed by atoms with Crippen molar-refractivity contribution in [2.24, 2.45) is 0 Å². The van der Waals surface area contributed by atoms with Gasteiger partial charge in [0, 0.05) is 4.90 Å². The van der Waals surface area contributed by atoms with Gasteiger partial charge in [-0.05, 0) is 48.3 Å². The van der Waals surface area contributed by atoms with E-state index in [0.717, 1.165) is 16.0 Å². The number of thioether (sulfide) groups is 1. The molecule has 0 saturated carbocycles. The fraction of sp³-hybridized carbons (Fsp3) is 0.455. The topological polar surface area (TPSA) is 57.2 Å². The Morgan fingerprint density at radius 3 is 1.80 bits per heavy atom. The number of hydrogen-bond acceptors (Lipinski definition) is 6. The first-order chi connectivity index (χ1) is 19.1. The fourth-order valence-corrected chi connectivity index (χ4v) is 6.88. The summed E-state index contributed by atoms with van der Waals surface area (Å²) in [6.45, 7) is 13.8. The molecule has 0 amide bonds. The van der Waals surface area contributed by atoms with Crippen molar-refractivity contribution in [3.8, 4) is 0 Å². The highest BCUT2D eigenvalue weighted by Gasteiger charge is 2.51. The van der Waals surface area contributed by atoms with Crippen LogP contribution in [0.3, 0.4) is 0 Å². The Kier molecular flexibility index (Phi) is 10.7. The van der Waals surface area contributed by atoms with E-state index >= 15 is 0 Å². The van der Waals surface area contributed by atoms with Crippen LogP contribution in [-0.2, 0) is 31.9 Å². The molecule has 1 heterocycles. The molecule has 1 aliphatic heterocycles. The summed E-state index contributed by atoms with van der Waals surface area (Å²) in [4.78, 5) is 1.08. The van der Waals surface area contributed by atoms with E-state index in [-0.39, 0.29) is 11.6 Å². The molecule has 5 nitrogen and oxygen atoms in total. The molecule has 0 spiro atoms. The van der Waals surface area contributed by atoms with E-state index < -0.39 is 38.2 Å². The summed E-state index contributed by atoms with van der Waals surface area (Å²) >= 11 is 1.60. The monoisotopic (exact) mass is 580 g/mol. The second-order valence-corrected chi connectivity index (χ2v) is 17.9. The Morgan fingerprint density at radius 2 is 1.30 bits per heavy atom. The van der Waals surface area contributed by atoms with Gasteiger partial charge in [0.05, 0.1) is 19.8 Å². The average molecular weight is 581 g/mol. The minimum absolute atomic E-state index is 0.0229. The maximum atomic E-state index is 10.6. The predicted octanol–water partition coefficient (Wildman–Crippen LogP) is 7.37. The van der Waals surface area contributed by atoms with Crippen molar-refractivity contribution in [3.63, 3.8) is 0 Å². The third-order valence-electron chi connectivity index (χ3n) is 7.85. The summed E-state index contributed by atoms with van der Waals surface area (Å²) in [5.41, 5.74) is 2.95. The first-order valence-corrected chi connectivity index (χ1v) is 17.8. The fourth-order valence-electron chi connectivity index (χ4n) is 4.43. The van der Waals surface area contributed by atoms with Gasteiger partial charge in [0.15, 0.2) is 8.32 Å². The van der Waals surface area contributed by atoms with Crippen molar-refractivity contribution in [1.82, 2.24) is 0 Å². The SMILES string of the molecule is Cc1ccc(S[C@@H]2O[C@H](CO)[C@H](O[Si](C)(C)C(C)(C)C)[C@H](OCc3ccccc3)[C@H]2OCc2ccccc2)cc1. The van der Waals surface area contributed by atoms with Crippen LogP contribution in [0.25, 0.3) is 0 Å². The summed E-state index contributed by atoms with van der Waals surface area (Å²) in [6, 6.07) is 28.7. The van der Waals surface area contributed by atoms with Crippen LogP contribution in [0.1, 0.15) is 37.5 Å². The van der Waals surface area contributed by atoms with Crippen LogP contribution in [0.15, 0.2) is 89.8 Å². The molecule has 216 valence electrons. The van der Waals surface area contributed by atoms with Gasteiger partial charge >= 0.3 is 0 Å². The zero-order chi connectivity index (χ0) is 28.8. The molecule has 3 aromatic rings. The molecule has 1 aliphatic rings. The van der Waals surface area contributed by atoms with Crippen LogP contribution < -0.4 is 0 Å². The molecular weight excluding hydrogens is 537 g/mol. The summed E-state index contributed by atoms with van der Waals surface area (Å²) < 4.78 is 27.0. The van der Waals surface area contributed by atoms with E-state index in [2.05, 4.69) is 89.3 Å². The summed E-state index contributed by atoms with van der Waals surface area (Å²) in [5.74, 6) is 0. The van der Waals surface area contributed by atoms with Gasteiger partial charge in [-0.25, -0.2) is 0 Å². The number of aliphatic hydroxyl groups is 1. The van der Waals surface area contributed by atoms with Gasteiger partial charge in [-0.15, -0.1) is 0 Å².